The molecule has 1 aliphatic heterocycles. The predicted molar refractivity (Wildman–Crippen MR) is 107 cm³/mol. The van der Waals surface area contributed by atoms with Crippen LogP contribution < -0.4 is 5.32 Å². The summed E-state index contributed by atoms with van der Waals surface area (Å²) < 4.78 is 30.4. The van der Waals surface area contributed by atoms with Crippen molar-refractivity contribution in [2.45, 2.75) is 72.7 Å². The summed E-state index contributed by atoms with van der Waals surface area (Å²) in [7, 11) is -4.24. The van der Waals surface area contributed by atoms with Crippen LogP contribution in [-0.4, -0.2) is 60.7 Å². The average molecular weight is 455 g/mol. The summed E-state index contributed by atoms with van der Waals surface area (Å²) in [5.74, 6) is -0.990. The van der Waals surface area contributed by atoms with Crippen LogP contribution in [0, 0.1) is 5.41 Å². The minimum atomic E-state index is -4.24. The van der Waals surface area contributed by atoms with Crippen LogP contribution >= 0.6 is 8.17 Å². The first-order chi connectivity index (χ1) is 13.6. The Bertz CT molecular complexity index is 619. The number of carbonyl (C=O) groups is 3. The Morgan fingerprint density at radius 1 is 1.27 bits per heavy atom. The van der Waals surface area contributed by atoms with Crippen molar-refractivity contribution < 1.29 is 47.1 Å². The van der Waals surface area contributed by atoms with Gasteiger partial charge in [-0.1, -0.05) is 0 Å². The number of amides is 1. The molecule has 176 valence electrons. The summed E-state index contributed by atoms with van der Waals surface area (Å²) in [5.41, 5.74) is -1.40. The van der Waals surface area contributed by atoms with Crippen LogP contribution in [0.3, 0.4) is 0 Å². The molecule has 1 atom stereocenters. The third-order valence-electron chi connectivity index (χ3n) is 3.64. The van der Waals surface area contributed by atoms with Crippen LogP contribution in [0.15, 0.2) is 0 Å². The molecule has 0 aromatic heterocycles. The van der Waals surface area contributed by atoms with Crippen molar-refractivity contribution >= 4 is 26.2 Å². The summed E-state index contributed by atoms with van der Waals surface area (Å²) >= 11 is 0. The molecule has 0 saturated carbocycles. The van der Waals surface area contributed by atoms with E-state index >= 15 is 0 Å². The van der Waals surface area contributed by atoms with Crippen LogP contribution in [0.1, 0.15) is 54.9 Å². The molecule has 0 radical (unpaired) electrons. The number of hydrogen-bond donors (Lipinski definition) is 2. The zero-order valence-corrected chi connectivity index (χ0v) is 19.6. The van der Waals surface area contributed by atoms with Gasteiger partial charge in [-0.25, -0.2) is 0 Å². The van der Waals surface area contributed by atoms with E-state index in [-0.39, 0.29) is 25.7 Å². The number of esters is 1. The van der Waals surface area contributed by atoms with Gasteiger partial charge in [0.2, 0.25) is 0 Å². The Labute approximate surface area is 177 Å². The zero-order chi connectivity index (χ0) is 23.2. The maximum absolute atomic E-state index is 12.6. The van der Waals surface area contributed by atoms with Gasteiger partial charge in [0.05, 0.1) is 0 Å². The number of hydrogen-bond acceptors (Lipinski definition) is 10. The van der Waals surface area contributed by atoms with E-state index in [1.807, 2.05) is 0 Å². The van der Waals surface area contributed by atoms with Crippen LogP contribution in [0.5, 0.6) is 0 Å². The third kappa shape index (κ3) is 9.53. The summed E-state index contributed by atoms with van der Waals surface area (Å²) in [6, 6.07) is 0. The molecular formula is C18H34NO10P. The van der Waals surface area contributed by atoms with E-state index in [9.17, 15) is 19.3 Å². The Kier molecular flexibility index (Phi) is 9.44. The second-order valence-electron chi connectivity index (χ2n) is 8.75. The van der Waals surface area contributed by atoms with Gasteiger partial charge in [0.1, 0.15) is 0 Å². The van der Waals surface area contributed by atoms with Crippen molar-refractivity contribution in [1.82, 2.24) is 5.32 Å². The van der Waals surface area contributed by atoms with Gasteiger partial charge in [0.15, 0.2) is 0 Å². The molecule has 12 heteroatoms. The Balaban J connectivity index is 2.57. The molecule has 1 fully saturated rings. The molecule has 0 aromatic rings. The molecule has 1 heterocycles. The fourth-order valence-electron chi connectivity index (χ4n) is 2.33. The van der Waals surface area contributed by atoms with E-state index < -0.39 is 50.1 Å². The molecule has 0 unspecified atom stereocenters. The molecule has 11 nitrogen and oxygen atoms in total. The van der Waals surface area contributed by atoms with Gasteiger partial charge in [-0.05, 0) is 0 Å². The zero-order valence-electron chi connectivity index (χ0n) is 18.6. The SMILES string of the molecule is CC(C)OC(=O)OCO[PH]1(O)OCC(C)(C)[C@H](C(=O)NCCC(=O)OC(C)(C)C)O1. The second kappa shape index (κ2) is 10.7. The predicted octanol–water partition coefficient (Wildman–Crippen LogP) is 2.21. The molecule has 0 bridgehead atoms. The number of nitrogens with one attached hydrogen (secondary N) is 1. The molecule has 1 rings (SSSR count). The van der Waals surface area contributed by atoms with E-state index in [1.165, 1.54) is 0 Å². The van der Waals surface area contributed by atoms with E-state index in [1.54, 1.807) is 48.5 Å². The average Bonchev–Trinajstić information content (AvgIpc) is 2.55. The first kappa shape index (κ1) is 26.5. The topological polar surface area (TPSA) is 139 Å². The van der Waals surface area contributed by atoms with Gasteiger partial charge in [0.25, 0.3) is 0 Å². The third-order valence-corrected chi connectivity index (χ3v) is 5.17. The van der Waals surface area contributed by atoms with E-state index in [4.69, 9.17) is 23.0 Å². The van der Waals surface area contributed by atoms with Gasteiger partial charge >= 0.3 is 177 Å². The van der Waals surface area contributed by atoms with Crippen LogP contribution in [0.2, 0.25) is 0 Å². The van der Waals surface area contributed by atoms with E-state index in [2.05, 4.69) is 10.1 Å². The summed E-state index contributed by atoms with van der Waals surface area (Å²) in [5, 5.41) is 2.59. The molecule has 2 N–H and O–H groups in total. The monoisotopic (exact) mass is 455 g/mol. The summed E-state index contributed by atoms with van der Waals surface area (Å²) in [6.07, 6.45) is -2.48. The Morgan fingerprint density at radius 3 is 2.47 bits per heavy atom. The Morgan fingerprint density at radius 2 is 1.90 bits per heavy atom. The first-order valence-corrected chi connectivity index (χ1v) is 11.3. The maximum atomic E-state index is 12.6. The standard InChI is InChI=1S/C18H34NO10P/c1-12(2)27-16(22)24-11-26-30(23)25-10-18(6,7)14(29-30)15(21)19-9-8-13(20)28-17(3,4)5/h12,14,23,30H,8-11H2,1-7H3,(H,19,21)/t14-/m0/s1. The van der Waals surface area contributed by atoms with Gasteiger partial charge < -0.3 is 0 Å². The molecule has 30 heavy (non-hydrogen) atoms. The van der Waals surface area contributed by atoms with Crippen molar-refractivity contribution in [1.29, 1.82) is 0 Å². The van der Waals surface area contributed by atoms with Gasteiger partial charge in [-0.3, -0.25) is 0 Å². The van der Waals surface area contributed by atoms with Crippen molar-refractivity contribution in [3.8, 4) is 0 Å². The first-order valence-electron chi connectivity index (χ1n) is 9.64. The second-order valence-corrected chi connectivity index (χ2v) is 10.6. The number of carbonyl (C=O) groups excluding carboxylic acids is 3. The quantitative estimate of drug-likeness (QED) is 0.318. The van der Waals surface area contributed by atoms with Crippen molar-refractivity contribution in [2.24, 2.45) is 5.41 Å². The molecule has 0 aromatic carbocycles. The molecule has 1 saturated heterocycles. The minimum absolute atomic E-state index is 0.0172. The normalized spacial score (nSPS) is 21.4. The molecule has 1 aliphatic rings. The van der Waals surface area contributed by atoms with E-state index in [0.29, 0.717) is 0 Å². The van der Waals surface area contributed by atoms with Gasteiger partial charge in [-0.15, -0.1) is 0 Å². The van der Waals surface area contributed by atoms with Gasteiger partial charge in [0, 0.05) is 0 Å². The number of ether oxygens (including phenoxy) is 3. The van der Waals surface area contributed by atoms with Crippen LogP contribution in [-0.2, 0) is 37.4 Å². The fraction of sp³-hybridized carbons (Fsp3) is 0.833. The van der Waals surface area contributed by atoms with E-state index in [0.717, 1.165) is 0 Å². The molecular weight excluding hydrogens is 421 g/mol. The fourth-order valence-corrected chi connectivity index (χ4v) is 4.04. The molecule has 0 aliphatic carbocycles. The summed E-state index contributed by atoms with van der Waals surface area (Å²) in [4.78, 5) is 46.1. The van der Waals surface area contributed by atoms with Crippen LogP contribution in [0.4, 0.5) is 4.79 Å². The van der Waals surface area contributed by atoms with Crippen LogP contribution in [0.25, 0.3) is 0 Å². The number of rotatable bonds is 8. The molecule has 1 amide bonds. The van der Waals surface area contributed by atoms with Crippen molar-refractivity contribution in [2.75, 3.05) is 19.9 Å². The van der Waals surface area contributed by atoms with Gasteiger partial charge in [-0.2, -0.15) is 0 Å². The molecule has 0 spiro atoms. The van der Waals surface area contributed by atoms with Crippen molar-refractivity contribution in [3.05, 3.63) is 0 Å². The summed E-state index contributed by atoms with van der Waals surface area (Å²) in [6.45, 7) is 11.3. The Hall–Kier alpha value is -1.52. The van der Waals surface area contributed by atoms with Crippen molar-refractivity contribution in [3.63, 3.8) is 0 Å².